The Morgan fingerprint density at radius 2 is 1.83 bits per heavy atom. The van der Waals surface area contributed by atoms with Gasteiger partial charge in [-0.3, -0.25) is 0 Å². The Labute approximate surface area is 72.7 Å². The van der Waals surface area contributed by atoms with Gasteiger partial charge in [-0.15, -0.1) is 0 Å². The van der Waals surface area contributed by atoms with Crippen molar-refractivity contribution in [3.63, 3.8) is 0 Å². The van der Waals surface area contributed by atoms with E-state index >= 15 is 0 Å². The van der Waals surface area contributed by atoms with E-state index in [1.54, 1.807) is 6.08 Å². The van der Waals surface area contributed by atoms with E-state index in [0.717, 1.165) is 12.7 Å². The second-order valence-electron chi connectivity index (χ2n) is 2.46. The van der Waals surface area contributed by atoms with Crippen molar-refractivity contribution >= 4 is 0 Å². The van der Waals surface area contributed by atoms with E-state index < -0.39 is 0 Å². The maximum absolute atomic E-state index is 8.33. The molecule has 12 heavy (non-hydrogen) atoms. The van der Waals surface area contributed by atoms with Crippen molar-refractivity contribution in [3.05, 3.63) is 60.4 Å². The highest BCUT2D eigenvalue weighted by atomic mass is 16.2. The van der Waals surface area contributed by atoms with E-state index in [1.807, 2.05) is 30.4 Å². The van der Waals surface area contributed by atoms with Crippen LogP contribution in [0.3, 0.4) is 0 Å². The third-order valence-electron chi connectivity index (χ3n) is 1.53. The molecule has 0 atom stereocenters. The van der Waals surface area contributed by atoms with Gasteiger partial charge in [0.05, 0.1) is 6.26 Å². The first-order chi connectivity index (χ1) is 5.93. The Hall–Kier alpha value is -1.50. The lowest BCUT2D eigenvalue weighted by atomic mass is 10.1. The summed E-state index contributed by atoms with van der Waals surface area (Å²) in [5.74, 6) is 0. The molecule has 0 aromatic heterocycles. The topological polar surface area (TPSA) is 20.2 Å². The molecule has 0 heterocycles. The maximum atomic E-state index is 8.33. The van der Waals surface area contributed by atoms with Crippen LogP contribution in [0.15, 0.2) is 54.8 Å². The van der Waals surface area contributed by atoms with Gasteiger partial charge in [0, 0.05) is 0 Å². The summed E-state index contributed by atoms with van der Waals surface area (Å²) in [6.07, 6.45) is 7.37. The van der Waals surface area contributed by atoms with Crippen molar-refractivity contribution in [2.45, 2.75) is 6.42 Å². The van der Waals surface area contributed by atoms with Crippen LogP contribution >= 0.6 is 0 Å². The molecule has 0 fully saturated rings. The maximum Gasteiger partial charge on any atom is 0.0791 e. The van der Waals surface area contributed by atoms with Crippen LogP contribution in [0.5, 0.6) is 0 Å². The molecular formula is C11H12O. The summed E-state index contributed by atoms with van der Waals surface area (Å²) in [7, 11) is 0. The minimum atomic E-state index is 0.908. The monoisotopic (exact) mass is 160 g/mol. The summed E-state index contributed by atoms with van der Waals surface area (Å²) in [6, 6.07) is 10.2. The molecule has 0 unspecified atom stereocenters. The Morgan fingerprint density at radius 1 is 1.08 bits per heavy atom. The Kier molecular flexibility index (Phi) is 3.72. The van der Waals surface area contributed by atoms with Crippen LogP contribution in [0, 0.1) is 0 Å². The molecule has 62 valence electrons. The predicted octanol–water partition coefficient (Wildman–Crippen LogP) is 2.86. The van der Waals surface area contributed by atoms with Crippen LogP contribution in [0.1, 0.15) is 5.56 Å². The number of hydrogen-bond acceptors (Lipinski definition) is 1. The van der Waals surface area contributed by atoms with Crippen molar-refractivity contribution in [1.29, 1.82) is 0 Å². The van der Waals surface area contributed by atoms with Gasteiger partial charge in [0.1, 0.15) is 0 Å². The summed E-state index contributed by atoms with van der Waals surface area (Å²) in [5.41, 5.74) is 1.28. The molecule has 0 amide bonds. The van der Waals surface area contributed by atoms with E-state index in [2.05, 4.69) is 12.1 Å². The largest absolute Gasteiger partial charge is 0.516 e. The number of hydrogen-bond donors (Lipinski definition) is 1. The summed E-state index contributed by atoms with van der Waals surface area (Å²) < 4.78 is 0. The normalized spacial score (nSPS) is 11.3. The second-order valence-corrected chi connectivity index (χ2v) is 2.46. The van der Waals surface area contributed by atoms with Gasteiger partial charge >= 0.3 is 0 Å². The fourth-order valence-corrected chi connectivity index (χ4v) is 0.946. The van der Waals surface area contributed by atoms with Crippen LogP contribution in [0.2, 0.25) is 0 Å². The minimum absolute atomic E-state index is 0.908. The number of allylic oxidation sites excluding steroid dienone is 3. The highest BCUT2D eigenvalue weighted by Crippen LogP contribution is 1.99. The predicted molar refractivity (Wildman–Crippen MR) is 51.1 cm³/mol. The zero-order chi connectivity index (χ0) is 8.65. The second kappa shape index (κ2) is 5.19. The summed E-state index contributed by atoms with van der Waals surface area (Å²) in [4.78, 5) is 0. The molecule has 1 rings (SSSR count). The lowest BCUT2D eigenvalue weighted by Crippen LogP contribution is -1.77. The SMILES string of the molecule is OC=CC=CCc1ccccc1. The molecule has 0 aliphatic carbocycles. The molecule has 0 saturated heterocycles. The Bertz CT molecular complexity index is 260. The van der Waals surface area contributed by atoms with E-state index in [-0.39, 0.29) is 0 Å². The van der Waals surface area contributed by atoms with Crippen molar-refractivity contribution in [3.8, 4) is 0 Å². The van der Waals surface area contributed by atoms with Gasteiger partial charge < -0.3 is 5.11 Å². The van der Waals surface area contributed by atoms with Crippen molar-refractivity contribution in [1.82, 2.24) is 0 Å². The fourth-order valence-electron chi connectivity index (χ4n) is 0.946. The van der Waals surface area contributed by atoms with Gasteiger partial charge in [-0.1, -0.05) is 42.5 Å². The molecular weight excluding hydrogens is 148 g/mol. The Morgan fingerprint density at radius 3 is 2.50 bits per heavy atom. The van der Waals surface area contributed by atoms with Crippen molar-refractivity contribution in [2.24, 2.45) is 0 Å². The molecule has 1 N–H and O–H groups in total. The van der Waals surface area contributed by atoms with E-state index in [4.69, 9.17) is 5.11 Å². The first kappa shape index (κ1) is 8.60. The summed E-state index contributed by atoms with van der Waals surface area (Å²) >= 11 is 0. The first-order valence-electron chi connectivity index (χ1n) is 3.93. The zero-order valence-electron chi connectivity index (χ0n) is 6.85. The molecule has 0 aliphatic rings. The summed E-state index contributed by atoms with van der Waals surface area (Å²) in [5, 5.41) is 8.33. The average Bonchev–Trinajstić information content (AvgIpc) is 2.14. The van der Waals surface area contributed by atoms with Crippen LogP contribution in [0.4, 0.5) is 0 Å². The van der Waals surface area contributed by atoms with Gasteiger partial charge in [0.25, 0.3) is 0 Å². The van der Waals surface area contributed by atoms with Gasteiger partial charge in [-0.25, -0.2) is 0 Å². The lowest BCUT2D eigenvalue weighted by molar-refractivity contribution is 0.473. The molecule has 1 aromatic carbocycles. The molecule has 1 heteroatoms. The standard InChI is InChI=1S/C11H12O/c12-10-6-2-5-9-11-7-3-1-4-8-11/h1-8,10,12H,9H2. The van der Waals surface area contributed by atoms with Crippen LogP contribution in [-0.2, 0) is 6.42 Å². The number of aliphatic hydroxyl groups excluding tert-OH is 1. The van der Waals surface area contributed by atoms with E-state index in [9.17, 15) is 0 Å². The molecule has 0 aliphatic heterocycles. The molecule has 0 bridgehead atoms. The zero-order valence-corrected chi connectivity index (χ0v) is 6.85. The van der Waals surface area contributed by atoms with Gasteiger partial charge in [0.2, 0.25) is 0 Å². The molecule has 1 nitrogen and oxygen atoms in total. The highest BCUT2D eigenvalue weighted by molar-refractivity contribution is 5.18. The summed E-state index contributed by atoms with van der Waals surface area (Å²) in [6.45, 7) is 0. The minimum Gasteiger partial charge on any atom is -0.516 e. The first-order valence-corrected chi connectivity index (χ1v) is 3.93. The smallest absolute Gasteiger partial charge is 0.0791 e. The third kappa shape index (κ3) is 3.06. The van der Waals surface area contributed by atoms with E-state index in [0.29, 0.717) is 0 Å². The number of aliphatic hydroxyl groups is 1. The lowest BCUT2D eigenvalue weighted by Gasteiger charge is -1.92. The van der Waals surface area contributed by atoms with Gasteiger partial charge in [-0.05, 0) is 18.1 Å². The van der Waals surface area contributed by atoms with Crippen molar-refractivity contribution < 1.29 is 5.11 Å². The molecule has 0 saturated carbocycles. The van der Waals surface area contributed by atoms with E-state index in [1.165, 1.54) is 5.56 Å². The third-order valence-corrected chi connectivity index (χ3v) is 1.53. The quantitative estimate of drug-likeness (QED) is 0.532. The fraction of sp³-hybridized carbons (Fsp3) is 0.0909. The average molecular weight is 160 g/mol. The number of rotatable bonds is 3. The Balaban J connectivity index is 2.43. The van der Waals surface area contributed by atoms with Crippen molar-refractivity contribution in [2.75, 3.05) is 0 Å². The van der Waals surface area contributed by atoms with Gasteiger partial charge in [0.15, 0.2) is 0 Å². The number of benzene rings is 1. The van der Waals surface area contributed by atoms with Crippen LogP contribution < -0.4 is 0 Å². The molecule has 1 aromatic rings. The molecule has 0 spiro atoms. The van der Waals surface area contributed by atoms with Gasteiger partial charge in [-0.2, -0.15) is 0 Å². The highest BCUT2D eigenvalue weighted by Gasteiger charge is 1.83. The molecule has 0 radical (unpaired) electrons. The van der Waals surface area contributed by atoms with Crippen LogP contribution in [0.25, 0.3) is 0 Å². The van der Waals surface area contributed by atoms with Crippen LogP contribution in [-0.4, -0.2) is 5.11 Å².